The number of ether oxygens (including phenoxy) is 2. The topological polar surface area (TPSA) is 67.9 Å². The van der Waals surface area contributed by atoms with E-state index in [-0.39, 0.29) is 17.4 Å². The predicted molar refractivity (Wildman–Crippen MR) is 127 cm³/mol. The van der Waals surface area contributed by atoms with Crippen LogP contribution in [0.25, 0.3) is 0 Å². The van der Waals surface area contributed by atoms with E-state index < -0.39 is 6.04 Å². The normalized spacial score (nSPS) is 12.0. The van der Waals surface area contributed by atoms with E-state index in [0.29, 0.717) is 32.4 Å². The molecule has 2 aromatic carbocycles. The highest BCUT2D eigenvalue weighted by Gasteiger charge is 2.30. The van der Waals surface area contributed by atoms with Gasteiger partial charge in [-0.2, -0.15) is 0 Å². The lowest BCUT2D eigenvalue weighted by atomic mass is 10.0. The van der Waals surface area contributed by atoms with Gasteiger partial charge in [0, 0.05) is 18.5 Å². The number of hydrogen-bond acceptors (Lipinski definition) is 4. The minimum atomic E-state index is -0.553. The fourth-order valence-electron chi connectivity index (χ4n) is 3.41. The van der Waals surface area contributed by atoms with Crippen molar-refractivity contribution in [1.82, 2.24) is 10.2 Å². The molecule has 0 radical (unpaired) electrons. The Labute approximate surface area is 191 Å². The van der Waals surface area contributed by atoms with Crippen molar-refractivity contribution in [2.45, 2.75) is 65.1 Å². The van der Waals surface area contributed by atoms with Crippen LogP contribution in [0.2, 0.25) is 0 Å². The number of benzene rings is 2. The Balaban J connectivity index is 2.11. The number of carbonyl (C=O) groups excluding carboxylic acids is 2. The molecule has 1 atom stereocenters. The third-order valence-electron chi connectivity index (χ3n) is 4.92. The average Bonchev–Trinajstić information content (AvgIpc) is 2.76. The van der Waals surface area contributed by atoms with Crippen molar-refractivity contribution < 1.29 is 19.1 Å². The van der Waals surface area contributed by atoms with E-state index in [2.05, 4.69) is 5.32 Å². The summed E-state index contributed by atoms with van der Waals surface area (Å²) in [6.45, 7) is 8.52. The zero-order valence-electron chi connectivity index (χ0n) is 19.9. The summed E-state index contributed by atoms with van der Waals surface area (Å²) in [5, 5.41) is 3.02. The molecule has 32 heavy (non-hydrogen) atoms. The number of hydrogen-bond donors (Lipinski definition) is 1. The van der Waals surface area contributed by atoms with Gasteiger partial charge < -0.3 is 19.7 Å². The number of para-hydroxylation sites is 1. The number of carbonyl (C=O) groups is 2. The first kappa shape index (κ1) is 25.2. The molecule has 0 spiro atoms. The van der Waals surface area contributed by atoms with Gasteiger partial charge >= 0.3 is 0 Å². The van der Waals surface area contributed by atoms with E-state index in [0.717, 1.165) is 17.1 Å². The lowest BCUT2D eigenvalue weighted by molar-refractivity contribution is -0.142. The second-order valence-electron chi connectivity index (χ2n) is 8.80. The van der Waals surface area contributed by atoms with Gasteiger partial charge in [-0.1, -0.05) is 37.3 Å². The third-order valence-corrected chi connectivity index (χ3v) is 4.92. The number of nitrogens with zero attached hydrogens (tertiary/aromatic N) is 1. The Morgan fingerprint density at radius 1 is 1.03 bits per heavy atom. The van der Waals surface area contributed by atoms with Crippen molar-refractivity contribution in [2.24, 2.45) is 0 Å². The molecular formula is C26H36N2O4. The molecule has 6 nitrogen and oxygen atoms in total. The largest absolute Gasteiger partial charge is 0.497 e. The van der Waals surface area contributed by atoms with E-state index in [9.17, 15) is 9.59 Å². The monoisotopic (exact) mass is 440 g/mol. The van der Waals surface area contributed by atoms with Crippen molar-refractivity contribution in [1.29, 1.82) is 0 Å². The maximum Gasteiger partial charge on any atom is 0.243 e. The van der Waals surface area contributed by atoms with E-state index in [1.807, 2.05) is 82.3 Å². The van der Waals surface area contributed by atoms with E-state index in [1.54, 1.807) is 12.0 Å². The molecule has 0 aromatic heterocycles. The summed E-state index contributed by atoms with van der Waals surface area (Å²) >= 11 is 0. The van der Waals surface area contributed by atoms with E-state index >= 15 is 0 Å². The van der Waals surface area contributed by atoms with Gasteiger partial charge in [0.15, 0.2) is 0 Å². The van der Waals surface area contributed by atoms with Gasteiger partial charge in [0.1, 0.15) is 17.5 Å². The van der Waals surface area contributed by atoms with Crippen molar-refractivity contribution in [3.05, 3.63) is 60.2 Å². The van der Waals surface area contributed by atoms with Crippen LogP contribution >= 0.6 is 0 Å². The third kappa shape index (κ3) is 8.25. The summed E-state index contributed by atoms with van der Waals surface area (Å²) in [5.74, 6) is 1.29. The summed E-state index contributed by atoms with van der Waals surface area (Å²) in [5.41, 5.74) is 0.541. The van der Waals surface area contributed by atoms with Crippen molar-refractivity contribution in [2.75, 3.05) is 13.7 Å². The van der Waals surface area contributed by atoms with E-state index in [1.165, 1.54) is 0 Å². The van der Waals surface area contributed by atoms with Gasteiger partial charge in [0.2, 0.25) is 11.8 Å². The Morgan fingerprint density at radius 3 is 2.34 bits per heavy atom. The summed E-state index contributed by atoms with van der Waals surface area (Å²) < 4.78 is 11.0. The molecular weight excluding hydrogens is 404 g/mol. The molecule has 2 amide bonds. The molecule has 0 aliphatic heterocycles. The summed E-state index contributed by atoms with van der Waals surface area (Å²) in [6, 6.07) is 16.6. The Bertz CT molecular complexity index is 862. The maximum absolute atomic E-state index is 13.2. The SMILES string of the molecule is CC[C@@H](C(=O)NC(C)(C)C)N(Cc1cccc(OC)c1)C(=O)CCCOc1ccccc1. The molecule has 2 aromatic rings. The zero-order chi connectivity index (χ0) is 23.6. The van der Waals surface area contributed by atoms with Crippen LogP contribution in [0.5, 0.6) is 11.5 Å². The molecule has 0 unspecified atom stereocenters. The second kappa shape index (κ2) is 12.1. The molecule has 0 aliphatic rings. The van der Waals surface area contributed by atoms with Crippen molar-refractivity contribution in [3.8, 4) is 11.5 Å². The molecule has 0 aliphatic carbocycles. The Kier molecular flexibility index (Phi) is 9.57. The second-order valence-corrected chi connectivity index (χ2v) is 8.80. The van der Waals surface area contributed by atoms with Crippen LogP contribution in [0.3, 0.4) is 0 Å². The van der Waals surface area contributed by atoms with Gasteiger partial charge in [0.25, 0.3) is 0 Å². The van der Waals surface area contributed by atoms with Gasteiger partial charge in [0.05, 0.1) is 13.7 Å². The summed E-state index contributed by atoms with van der Waals surface area (Å²) in [7, 11) is 1.61. The minimum Gasteiger partial charge on any atom is -0.497 e. The first-order chi connectivity index (χ1) is 15.2. The van der Waals surface area contributed by atoms with Gasteiger partial charge in [-0.15, -0.1) is 0 Å². The van der Waals surface area contributed by atoms with Crippen LogP contribution in [0.4, 0.5) is 0 Å². The molecule has 6 heteroatoms. The van der Waals surface area contributed by atoms with Crippen molar-refractivity contribution in [3.63, 3.8) is 0 Å². The van der Waals surface area contributed by atoms with Crippen LogP contribution in [0.15, 0.2) is 54.6 Å². The minimum absolute atomic E-state index is 0.0691. The molecule has 0 fully saturated rings. The highest BCUT2D eigenvalue weighted by Crippen LogP contribution is 2.19. The highest BCUT2D eigenvalue weighted by atomic mass is 16.5. The highest BCUT2D eigenvalue weighted by molar-refractivity contribution is 5.88. The first-order valence-electron chi connectivity index (χ1n) is 11.2. The standard InChI is InChI=1S/C26H36N2O4/c1-6-23(25(30)27-26(2,3)4)28(19-20-12-10-15-22(18-20)31-5)24(29)16-11-17-32-21-13-8-7-9-14-21/h7-10,12-15,18,23H,6,11,16-17,19H2,1-5H3,(H,27,30)/t23-/m0/s1. The molecule has 0 saturated carbocycles. The fraction of sp³-hybridized carbons (Fsp3) is 0.462. The lowest BCUT2D eigenvalue weighted by Crippen LogP contribution is -2.53. The molecule has 0 heterocycles. The quantitative estimate of drug-likeness (QED) is 0.520. The Hall–Kier alpha value is -3.02. The van der Waals surface area contributed by atoms with Gasteiger partial charge in [-0.3, -0.25) is 9.59 Å². The number of rotatable bonds is 11. The maximum atomic E-state index is 13.2. The van der Waals surface area contributed by atoms with Crippen LogP contribution < -0.4 is 14.8 Å². The fourth-order valence-corrected chi connectivity index (χ4v) is 3.41. The Morgan fingerprint density at radius 2 is 1.72 bits per heavy atom. The van der Waals surface area contributed by atoms with Crippen LogP contribution in [-0.2, 0) is 16.1 Å². The smallest absolute Gasteiger partial charge is 0.243 e. The summed E-state index contributed by atoms with van der Waals surface area (Å²) in [6.07, 6.45) is 1.40. The average molecular weight is 441 g/mol. The molecule has 0 bridgehead atoms. The van der Waals surface area contributed by atoms with Gasteiger partial charge in [-0.25, -0.2) is 0 Å². The van der Waals surface area contributed by atoms with Crippen LogP contribution in [-0.4, -0.2) is 42.0 Å². The number of nitrogens with one attached hydrogen (secondary N) is 1. The summed E-state index contributed by atoms with van der Waals surface area (Å²) in [4.78, 5) is 27.9. The van der Waals surface area contributed by atoms with Crippen LogP contribution in [0.1, 0.15) is 52.5 Å². The van der Waals surface area contributed by atoms with Crippen molar-refractivity contribution >= 4 is 11.8 Å². The first-order valence-corrected chi connectivity index (χ1v) is 11.2. The molecule has 0 saturated heterocycles. The lowest BCUT2D eigenvalue weighted by Gasteiger charge is -2.33. The predicted octanol–water partition coefficient (Wildman–Crippen LogP) is 4.58. The molecule has 1 N–H and O–H groups in total. The van der Waals surface area contributed by atoms with E-state index in [4.69, 9.17) is 9.47 Å². The zero-order valence-corrected chi connectivity index (χ0v) is 19.9. The van der Waals surface area contributed by atoms with Gasteiger partial charge in [-0.05, 0) is 63.4 Å². The molecule has 2 rings (SSSR count). The van der Waals surface area contributed by atoms with Crippen LogP contribution in [0, 0.1) is 0 Å². The number of methoxy groups -OCH3 is 1. The molecule has 174 valence electrons. The number of amides is 2.